The average molecular weight is 385 g/mol. The van der Waals surface area contributed by atoms with Crippen molar-refractivity contribution in [3.8, 4) is 0 Å². The zero-order chi connectivity index (χ0) is 18.9. The highest BCUT2D eigenvalue weighted by atomic mass is 32.2. The smallest absolute Gasteiger partial charge is 0.309 e. The molecule has 0 amide bonds. The van der Waals surface area contributed by atoms with Crippen molar-refractivity contribution in [1.29, 1.82) is 0 Å². The third kappa shape index (κ3) is 3.29. The van der Waals surface area contributed by atoms with Crippen LogP contribution in [0, 0.1) is 17.5 Å². The molecular weight excluding hydrogens is 367 g/mol. The quantitative estimate of drug-likeness (QED) is 0.806. The second-order valence-electron chi connectivity index (χ2n) is 5.91. The molecule has 0 spiro atoms. The fraction of sp³-hybridized carbons (Fsp3) is 0.294. The van der Waals surface area contributed by atoms with Gasteiger partial charge in [-0.2, -0.15) is 12.7 Å². The molecule has 0 saturated carbocycles. The summed E-state index contributed by atoms with van der Waals surface area (Å²) < 4.78 is 69.9. The normalized spacial score (nSPS) is 16.5. The van der Waals surface area contributed by atoms with Gasteiger partial charge in [-0.3, -0.25) is 0 Å². The lowest BCUT2D eigenvalue weighted by Crippen LogP contribution is -2.46. The zero-order valence-electron chi connectivity index (χ0n) is 14.0. The van der Waals surface area contributed by atoms with Crippen LogP contribution >= 0.6 is 0 Å². The van der Waals surface area contributed by atoms with Crippen LogP contribution in [-0.2, 0) is 16.8 Å². The van der Waals surface area contributed by atoms with Crippen molar-refractivity contribution in [2.75, 3.05) is 24.4 Å². The molecule has 9 heteroatoms. The molecule has 1 aliphatic rings. The number of hydrogen-bond acceptors (Lipinski definition) is 3. The summed E-state index contributed by atoms with van der Waals surface area (Å²) in [7, 11) is -2.49. The maximum Gasteiger partial charge on any atom is 0.309 e. The van der Waals surface area contributed by atoms with Crippen LogP contribution in [0.15, 0.2) is 36.4 Å². The highest BCUT2D eigenvalue weighted by Crippen LogP contribution is 2.40. The Hall–Kier alpha value is -2.10. The predicted molar refractivity (Wildman–Crippen MR) is 92.8 cm³/mol. The number of halogens is 3. The third-order valence-corrected chi connectivity index (χ3v) is 5.94. The van der Waals surface area contributed by atoms with E-state index in [2.05, 4.69) is 5.32 Å². The van der Waals surface area contributed by atoms with Gasteiger partial charge >= 0.3 is 10.2 Å². The Labute approximate surface area is 150 Å². The topological polar surface area (TPSA) is 52.6 Å². The summed E-state index contributed by atoms with van der Waals surface area (Å²) >= 11 is 0. The van der Waals surface area contributed by atoms with E-state index in [1.54, 1.807) is 25.2 Å². The maximum atomic E-state index is 14.4. The Morgan fingerprint density at radius 2 is 1.77 bits per heavy atom. The van der Waals surface area contributed by atoms with E-state index >= 15 is 0 Å². The summed E-state index contributed by atoms with van der Waals surface area (Å²) in [6, 6.07) is 7.41. The molecule has 5 nitrogen and oxygen atoms in total. The SMILES string of the molecule is CNCCCN1Cc2ccccc2N(c2c(F)cc(F)cc2F)S1(=O)=O. The first-order valence-corrected chi connectivity index (χ1v) is 9.43. The van der Waals surface area contributed by atoms with Gasteiger partial charge in [0.05, 0.1) is 5.69 Å². The van der Waals surface area contributed by atoms with E-state index in [1.165, 1.54) is 6.07 Å². The predicted octanol–water partition coefficient (Wildman–Crippen LogP) is 2.91. The maximum absolute atomic E-state index is 14.4. The minimum atomic E-state index is -4.23. The molecule has 0 aliphatic carbocycles. The van der Waals surface area contributed by atoms with Crippen LogP contribution in [0.2, 0.25) is 0 Å². The molecule has 2 aromatic carbocycles. The minimum Gasteiger partial charge on any atom is -0.320 e. The first-order chi connectivity index (χ1) is 12.4. The molecule has 1 heterocycles. The van der Waals surface area contributed by atoms with Crippen LogP contribution in [0.4, 0.5) is 24.5 Å². The monoisotopic (exact) mass is 385 g/mol. The molecule has 2 aromatic rings. The van der Waals surface area contributed by atoms with Gasteiger partial charge in [0.25, 0.3) is 0 Å². The summed E-state index contributed by atoms with van der Waals surface area (Å²) in [6.45, 7) is 0.870. The molecule has 0 radical (unpaired) electrons. The highest BCUT2D eigenvalue weighted by Gasteiger charge is 2.39. The van der Waals surface area contributed by atoms with Crippen LogP contribution in [-0.4, -0.2) is 32.9 Å². The molecule has 0 fully saturated rings. The van der Waals surface area contributed by atoms with Gasteiger partial charge in [0.2, 0.25) is 0 Å². The van der Waals surface area contributed by atoms with Crippen LogP contribution in [0.3, 0.4) is 0 Å². The van der Waals surface area contributed by atoms with Crippen molar-refractivity contribution in [3.05, 3.63) is 59.4 Å². The molecule has 0 aromatic heterocycles. The molecule has 0 atom stereocenters. The number of fused-ring (bicyclic) bond motifs is 1. The van der Waals surface area contributed by atoms with Crippen LogP contribution < -0.4 is 9.62 Å². The van der Waals surface area contributed by atoms with Gasteiger partial charge in [-0.1, -0.05) is 18.2 Å². The van der Waals surface area contributed by atoms with E-state index in [9.17, 15) is 21.6 Å². The molecular formula is C17H18F3N3O2S. The van der Waals surface area contributed by atoms with Crippen LogP contribution in [0.1, 0.15) is 12.0 Å². The fourth-order valence-electron chi connectivity index (χ4n) is 2.94. The van der Waals surface area contributed by atoms with Gasteiger partial charge in [-0.25, -0.2) is 17.5 Å². The molecule has 3 rings (SSSR count). The van der Waals surface area contributed by atoms with E-state index in [-0.39, 0.29) is 18.8 Å². The summed E-state index contributed by atoms with van der Waals surface area (Å²) in [5.74, 6) is -3.67. The molecule has 0 unspecified atom stereocenters. The number of rotatable bonds is 5. The highest BCUT2D eigenvalue weighted by molar-refractivity contribution is 7.90. The molecule has 26 heavy (non-hydrogen) atoms. The van der Waals surface area contributed by atoms with Crippen molar-refractivity contribution in [2.24, 2.45) is 0 Å². The van der Waals surface area contributed by atoms with E-state index in [4.69, 9.17) is 0 Å². The van der Waals surface area contributed by atoms with Gasteiger partial charge < -0.3 is 5.32 Å². The number of nitrogens with one attached hydrogen (secondary N) is 1. The van der Waals surface area contributed by atoms with Crippen LogP contribution in [0.25, 0.3) is 0 Å². The molecule has 0 bridgehead atoms. The summed E-state index contributed by atoms with van der Waals surface area (Å²) in [5.41, 5.74) is -0.0474. The number of benzene rings is 2. The first-order valence-electron chi connectivity index (χ1n) is 8.03. The van der Waals surface area contributed by atoms with Gasteiger partial charge in [-0.05, 0) is 31.6 Å². The molecule has 1 aliphatic heterocycles. The Balaban J connectivity index is 2.15. The largest absolute Gasteiger partial charge is 0.320 e. The van der Waals surface area contributed by atoms with E-state index < -0.39 is 33.3 Å². The zero-order valence-corrected chi connectivity index (χ0v) is 14.9. The van der Waals surface area contributed by atoms with Crippen molar-refractivity contribution < 1.29 is 21.6 Å². The Morgan fingerprint density at radius 3 is 2.42 bits per heavy atom. The second kappa shape index (κ2) is 7.26. The fourth-order valence-corrected chi connectivity index (χ4v) is 4.67. The van der Waals surface area contributed by atoms with E-state index in [1.807, 2.05) is 0 Å². The second-order valence-corrected chi connectivity index (χ2v) is 7.69. The van der Waals surface area contributed by atoms with Gasteiger partial charge in [-0.15, -0.1) is 0 Å². The van der Waals surface area contributed by atoms with Crippen molar-refractivity contribution in [3.63, 3.8) is 0 Å². The molecule has 0 saturated heterocycles. The van der Waals surface area contributed by atoms with E-state index in [0.29, 0.717) is 35.0 Å². The summed E-state index contributed by atoms with van der Waals surface area (Å²) in [5, 5.41) is 2.92. The average Bonchev–Trinajstić information content (AvgIpc) is 2.57. The summed E-state index contributed by atoms with van der Waals surface area (Å²) in [4.78, 5) is 0. The number of para-hydroxylation sites is 1. The van der Waals surface area contributed by atoms with Crippen molar-refractivity contribution in [2.45, 2.75) is 13.0 Å². The first kappa shape index (κ1) is 18.7. The van der Waals surface area contributed by atoms with E-state index in [0.717, 1.165) is 4.31 Å². The van der Waals surface area contributed by atoms with Crippen molar-refractivity contribution in [1.82, 2.24) is 9.62 Å². The lowest BCUT2D eigenvalue weighted by atomic mass is 10.1. The minimum absolute atomic E-state index is 0.100. The number of hydrogen-bond donors (Lipinski definition) is 1. The lowest BCUT2D eigenvalue weighted by molar-refractivity contribution is 0.391. The Kier molecular flexibility index (Phi) is 5.22. The van der Waals surface area contributed by atoms with Crippen molar-refractivity contribution >= 4 is 21.6 Å². The number of anilines is 2. The standard InChI is InChI=1S/C17H18F3N3O2S/c1-21-7-4-8-22-11-12-5-2-3-6-16(12)23(26(22,24)25)17-14(19)9-13(18)10-15(17)20/h2-3,5-6,9-10,21H,4,7-8,11H2,1H3. The van der Waals surface area contributed by atoms with Gasteiger partial charge in [0.1, 0.15) is 11.5 Å². The third-order valence-electron chi connectivity index (χ3n) is 4.13. The molecule has 1 N–H and O–H groups in total. The van der Waals surface area contributed by atoms with Gasteiger partial charge in [0, 0.05) is 25.2 Å². The summed E-state index contributed by atoms with van der Waals surface area (Å²) in [6.07, 6.45) is 0.528. The van der Waals surface area contributed by atoms with Gasteiger partial charge in [0.15, 0.2) is 11.6 Å². The molecule has 140 valence electrons. The Morgan fingerprint density at radius 1 is 1.12 bits per heavy atom. The Bertz CT molecular complexity index is 898. The lowest BCUT2D eigenvalue weighted by Gasteiger charge is -2.37. The number of nitrogens with zero attached hydrogens (tertiary/aromatic N) is 2. The van der Waals surface area contributed by atoms with Crippen LogP contribution in [0.5, 0.6) is 0 Å².